The highest BCUT2D eigenvalue weighted by molar-refractivity contribution is 7.99. The van der Waals surface area contributed by atoms with E-state index in [4.69, 9.17) is 4.74 Å². The van der Waals surface area contributed by atoms with Gasteiger partial charge in [-0.15, -0.1) is 11.8 Å². The number of ether oxygens (including phenoxy) is 1. The molecule has 0 unspecified atom stereocenters. The van der Waals surface area contributed by atoms with Crippen LogP contribution in [0.15, 0.2) is 48.5 Å². The second-order valence-corrected chi connectivity index (χ2v) is 6.23. The van der Waals surface area contributed by atoms with Crippen molar-refractivity contribution in [3.8, 4) is 5.75 Å². The molecule has 2 aromatic rings. The number of halogens is 1. The molecule has 2 rings (SSSR count). The Labute approximate surface area is 140 Å². The molecule has 0 aromatic heterocycles. The summed E-state index contributed by atoms with van der Waals surface area (Å²) >= 11 is 1.53. The average molecular weight is 333 g/mol. The highest BCUT2D eigenvalue weighted by Gasteiger charge is 2.02. The Kier molecular flexibility index (Phi) is 6.94. The van der Waals surface area contributed by atoms with Crippen molar-refractivity contribution < 1.29 is 13.9 Å². The van der Waals surface area contributed by atoms with Crippen LogP contribution in [0.25, 0.3) is 0 Å². The van der Waals surface area contributed by atoms with Gasteiger partial charge in [0.2, 0.25) is 5.91 Å². The zero-order valence-corrected chi connectivity index (χ0v) is 13.9. The van der Waals surface area contributed by atoms with Gasteiger partial charge in [-0.1, -0.05) is 24.3 Å². The predicted molar refractivity (Wildman–Crippen MR) is 92.2 cm³/mol. The monoisotopic (exact) mass is 333 g/mol. The van der Waals surface area contributed by atoms with Gasteiger partial charge in [0, 0.05) is 12.3 Å². The summed E-state index contributed by atoms with van der Waals surface area (Å²) in [7, 11) is 0. The van der Waals surface area contributed by atoms with Crippen molar-refractivity contribution in [3.05, 3.63) is 65.5 Å². The van der Waals surface area contributed by atoms with Crippen LogP contribution in [-0.2, 0) is 11.3 Å². The molecule has 0 atom stereocenters. The third-order valence-electron chi connectivity index (χ3n) is 3.12. The van der Waals surface area contributed by atoms with Gasteiger partial charge < -0.3 is 10.1 Å². The smallest absolute Gasteiger partial charge is 0.230 e. The molecular formula is C18H20FNO2S. The quantitative estimate of drug-likeness (QED) is 0.751. The first-order chi connectivity index (χ1) is 11.1. The van der Waals surface area contributed by atoms with Crippen molar-refractivity contribution in [2.45, 2.75) is 13.5 Å². The van der Waals surface area contributed by atoms with Gasteiger partial charge in [0.1, 0.15) is 11.6 Å². The fraction of sp³-hybridized carbons (Fsp3) is 0.278. The molecular weight excluding hydrogens is 313 g/mol. The van der Waals surface area contributed by atoms with Gasteiger partial charge >= 0.3 is 0 Å². The van der Waals surface area contributed by atoms with Crippen LogP contribution in [0.4, 0.5) is 4.39 Å². The summed E-state index contributed by atoms with van der Waals surface area (Å²) in [5.74, 6) is 1.68. The number of thioether (sulfide) groups is 1. The molecule has 0 saturated heterocycles. The summed E-state index contributed by atoms with van der Waals surface area (Å²) in [5.41, 5.74) is 2.04. The van der Waals surface area contributed by atoms with Crippen LogP contribution in [0.3, 0.4) is 0 Å². The van der Waals surface area contributed by atoms with Crippen LogP contribution in [0, 0.1) is 12.7 Å². The first kappa shape index (κ1) is 17.3. The lowest BCUT2D eigenvalue weighted by Gasteiger charge is -2.07. The summed E-state index contributed by atoms with van der Waals surface area (Å²) in [6.07, 6.45) is 0. The van der Waals surface area contributed by atoms with Crippen molar-refractivity contribution in [2.24, 2.45) is 0 Å². The number of carbonyl (C=O) groups is 1. The van der Waals surface area contributed by atoms with Crippen LogP contribution < -0.4 is 10.1 Å². The minimum Gasteiger partial charge on any atom is -0.493 e. The standard InChI is InChI=1S/C18H20FNO2S/c1-14-3-2-4-17(11-14)22-9-10-23-13-18(21)20-12-15-5-7-16(19)8-6-15/h2-8,11H,9-10,12-13H2,1H3,(H,20,21). The molecule has 2 aromatic carbocycles. The van der Waals surface area contributed by atoms with Crippen molar-refractivity contribution in [1.82, 2.24) is 5.32 Å². The van der Waals surface area contributed by atoms with Crippen LogP contribution in [0.1, 0.15) is 11.1 Å². The molecule has 122 valence electrons. The SMILES string of the molecule is Cc1cccc(OCCSCC(=O)NCc2ccc(F)cc2)c1. The van der Waals surface area contributed by atoms with E-state index in [9.17, 15) is 9.18 Å². The van der Waals surface area contributed by atoms with Gasteiger partial charge in [0.15, 0.2) is 0 Å². The lowest BCUT2D eigenvalue weighted by Crippen LogP contribution is -2.24. The molecule has 3 nitrogen and oxygen atoms in total. The summed E-state index contributed by atoms with van der Waals surface area (Å²) in [4.78, 5) is 11.7. The van der Waals surface area contributed by atoms with E-state index in [2.05, 4.69) is 5.32 Å². The molecule has 0 fully saturated rings. The summed E-state index contributed by atoms with van der Waals surface area (Å²) < 4.78 is 18.4. The van der Waals surface area contributed by atoms with E-state index in [-0.39, 0.29) is 11.7 Å². The normalized spacial score (nSPS) is 10.3. The van der Waals surface area contributed by atoms with Gasteiger partial charge in [-0.05, 0) is 42.3 Å². The average Bonchev–Trinajstić information content (AvgIpc) is 2.54. The Balaban J connectivity index is 1.57. The minimum absolute atomic E-state index is 0.0325. The third-order valence-corrected chi connectivity index (χ3v) is 4.04. The number of nitrogens with one attached hydrogen (secondary N) is 1. The predicted octanol–water partition coefficient (Wildman–Crippen LogP) is 3.56. The Morgan fingerprint density at radius 3 is 2.74 bits per heavy atom. The maximum atomic E-state index is 12.8. The van der Waals surface area contributed by atoms with Crippen molar-refractivity contribution in [3.63, 3.8) is 0 Å². The van der Waals surface area contributed by atoms with E-state index in [1.165, 1.54) is 23.9 Å². The lowest BCUT2D eigenvalue weighted by molar-refractivity contribution is -0.118. The number of aryl methyl sites for hydroxylation is 1. The fourth-order valence-corrected chi connectivity index (χ4v) is 2.58. The number of carbonyl (C=O) groups excluding carboxylic acids is 1. The topological polar surface area (TPSA) is 38.3 Å². The van der Waals surface area contributed by atoms with Crippen molar-refractivity contribution >= 4 is 17.7 Å². The number of hydrogen-bond donors (Lipinski definition) is 1. The van der Waals surface area contributed by atoms with Gasteiger partial charge in [-0.2, -0.15) is 0 Å². The molecule has 23 heavy (non-hydrogen) atoms. The molecule has 0 aliphatic heterocycles. The molecule has 1 amide bonds. The van der Waals surface area contributed by atoms with E-state index in [1.807, 2.05) is 31.2 Å². The Morgan fingerprint density at radius 2 is 2.00 bits per heavy atom. The second kappa shape index (κ2) is 9.20. The van der Waals surface area contributed by atoms with Gasteiger partial charge in [-0.25, -0.2) is 4.39 Å². The zero-order chi connectivity index (χ0) is 16.5. The number of benzene rings is 2. The Bertz CT molecular complexity index is 631. The van der Waals surface area contributed by atoms with E-state index >= 15 is 0 Å². The van der Waals surface area contributed by atoms with E-state index < -0.39 is 0 Å². The molecule has 0 saturated carbocycles. The summed E-state index contributed by atoms with van der Waals surface area (Å²) in [6.45, 7) is 3.01. The van der Waals surface area contributed by atoms with Crippen LogP contribution in [0.2, 0.25) is 0 Å². The molecule has 1 N–H and O–H groups in total. The van der Waals surface area contributed by atoms with E-state index in [0.29, 0.717) is 18.9 Å². The van der Waals surface area contributed by atoms with Gasteiger partial charge in [0.25, 0.3) is 0 Å². The number of rotatable bonds is 8. The minimum atomic E-state index is -0.274. The fourth-order valence-electron chi connectivity index (χ4n) is 1.94. The van der Waals surface area contributed by atoms with Crippen LogP contribution in [0.5, 0.6) is 5.75 Å². The lowest BCUT2D eigenvalue weighted by atomic mass is 10.2. The number of hydrogen-bond acceptors (Lipinski definition) is 3. The highest BCUT2D eigenvalue weighted by atomic mass is 32.2. The molecule has 0 spiro atoms. The van der Waals surface area contributed by atoms with Gasteiger partial charge in [0.05, 0.1) is 12.4 Å². The van der Waals surface area contributed by atoms with E-state index in [1.54, 1.807) is 12.1 Å². The maximum absolute atomic E-state index is 12.8. The molecule has 0 radical (unpaired) electrons. The van der Waals surface area contributed by atoms with Crippen molar-refractivity contribution in [1.29, 1.82) is 0 Å². The van der Waals surface area contributed by atoms with E-state index in [0.717, 1.165) is 22.6 Å². The maximum Gasteiger partial charge on any atom is 0.230 e. The highest BCUT2D eigenvalue weighted by Crippen LogP contribution is 2.12. The molecule has 0 aliphatic carbocycles. The molecule has 0 heterocycles. The Morgan fingerprint density at radius 1 is 1.22 bits per heavy atom. The number of amides is 1. The van der Waals surface area contributed by atoms with Crippen LogP contribution >= 0.6 is 11.8 Å². The van der Waals surface area contributed by atoms with Crippen LogP contribution in [-0.4, -0.2) is 24.0 Å². The molecule has 0 aliphatic rings. The summed E-state index contributed by atoms with van der Waals surface area (Å²) in [5, 5.41) is 2.81. The second-order valence-electron chi connectivity index (χ2n) is 5.12. The largest absolute Gasteiger partial charge is 0.493 e. The third kappa shape index (κ3) is 6.74. The molecule has 5 heteroatoms. The first-order valence-electron chi connectivity index (χ1n) is 7.42. The first-order valence-corrected chi connectivity index (χ1v) is 8.57. The Hall–Kier alpha value is -2.01. The zero-order valence-electron chi connectivity index (χ0n) is 13.0. The molecule has 0 bridgehead atoms. The summed E-state index contributed by atoms with van der Waals surface area (Å²) in [6, 6.07) is 14.0. The van der Waals surface area contributed by atoms with Crippen molar-refractivity contribution in [2.75, 3.05) is 18.1 Å². The van der Waals surface area contributed by atoms with Gasteiger partial charge in [-0.3, -0.25) is 4.79 Å².